The zero-order valence-electron chi connectivity index (χ0n) is 22.8. The molecule has 0 unspecified atom stereocenters. The van der Waals surface area contributed by atoms with Gasteiger partial charge >= 0.3 is 0 Å². The molecule has 2 aromatic heterocycles. The molecule has 41 heavy (non-hydrogen) atoms. The van der Waals surface area contributed by atoms with E-state index >= 15 is 0 Å². The maximum absolute atomic E-state index is 10.2. The van der Waals surface area contributed by atoms with Crippen molar-refractivity contribution in [1.29, 1.82) is 5.26 Å². The van der Waals surface area contributed by atoms with Gasteiger partial charge in [-0.05, 0) is 62.4 Å². The van der Waals surface area contributed by atoms with Crippen LogP contribution in [-0.4, -0.2) is 14.5 Å². The van der Waals surface area contributed by atoms with Gasteiger partial charge in [0.25, 0.3) is 0 Å². The van der Waals surface area contributed by atoms with Crippen LogP contribution in [0.3, 0.4) is 0 Å². The first-order valence-corrected chi connectivity index (χ1v) is 13.7. The Bertz CT molecular complexity index is 2000. The van der Waals surface area contributed by atoms with Gasteiger partial charge < -0.3 is 4.57 Å². The van der Waals surface area contributed by atoms with Gasteiger partial charge in [0.1, 0.15) is 6.07 Å². The molecule has 7 rings (SSSR count). The molecule has 0 aliphatic heterocycles. The number of aryl methyl sites for hydroxylation is 2. The summed E-state index contributed by atoms with van der Waals surface area (Å²) in [7, 11) is 0. The zero-order valence-corrected chi connectivity index (χ0v) is 22.8. The molecule has 0 atom stereocenters. The molecule has 2 heterocycles. The van der Waals surface area contributed by atoms with Crippen molar-refractivity contribution < 1.29 is 0 Å². The highest BCUT2D eigenvalue weighted by atomic mass is 15.0. The lowest BCUT2D eigenvalue weighted by molar-refractivity contribution is 1.15. The molecular formula is C37H26N4. The van der Waals surface area contributed by atoms with Gasteiger partial charge in [0, 0.05) is 27.5 Å². The first kappa shape index (κ1) is 24.5. The van der Waals surface area contributed by atoms with Crippen molar-refractivity contribution in [1.82, 2.24) is 14.5 Å². The minimum atomic E-state index is 0.594. The molecule has 0 saturated carbocycles. The third kappa shape index (κ3) is 4.34. The second-order valence-electron chi connectivity index (χ2n) is 10.4. The molecule has 0 aliphatic rings. The van der Waals surface area contributed by atoms with Crippen LogP contribution >= 0.6 is 0 Å². The standard InChI is InChI=1S/C37H26N4/c1-24-13-17-34-30(19-24)31-20-25(2)14-18-35(31)41(34)36-21-28(15-16-29(36)23-38)37-39-32(26-9-5-3-6-10-26)22-33(40-37)27-11-7-4-8-12-27/h3-22H,1-2H3. The third-order valence-electron chi connectivity index (χ3n) is 7.56. The third-order valence-corrected chi connectivity index (χ3v) is 7.56. The van der Waals surface area contributed by atoms with Gasteiger partial charge in [0.15, 0.2) is 5.82 Å². The van der Waals surface area contributed by atoms with E-state index in [1.807, 2.05) is 54.6 Å². The molecule has 0 N–H and O–H groups in total. The van der Waals surface area contributed by atoms with E-state index in [1.54, 1.807) is 0 Å². The summed E-state index contributed by atoms with van der Waals surface area (Å²) in [6.45, 7) is 4.22. The first-order valence-electron chi connectivity index (χ1n) is 13.7. The molecule has 7 aromatic rings. The van der Waals surface area contributed by atoms with Gasteiger partial charge in [0.2, 0.25) is 0 Å². The Hall–Kier alpha value is -5.53. The van der Waals surface area contributed by atoms with Gasteiger partial charge in [-0.15, -0.1) is 0 Å². The van der Waals surface area contributed by atoms with Crippen molar-refractivity contribution in [2.24, 2.45) is 0 Å². The summed E-state index contributed by atoms with van der Waals surface area (Å²) in [6, 6.07) is 43.7. The number of hydrogen-bond donors (Lipinski definition) is 0. The lowest BCUT2D eigenvalue weighted by Gasteiger charge is -2.13. The van der Waals surface area contributed by atoms with Crippen LogP contribution in [0, 0.1) is 25.2 Å². The summed E-state index contributed by atoms with van der Waals surface area (Å²) in [5.74, 6) is 0.614. The van der Waals surface area contributed by atoms with Gasteiger partial charge in [-0.1, -0.05) is 83.9 Å². The fourth-order valence-corrected chi connectivity index (χ4v) is 5.55. The molecule has 0 fully saturated rings. The number of aromatic nitrogens is 3. The van der Waals surface area contributed by atoms with Gasteiger partial charge in [-0.2, -0.15) is 5.26 Å². The number of benzene rings is 5. The second kappa shape index (κ2) is 9.89. The number of nitrogens with zero attached hydrogens (tertiary/aromatic N) is 4. The number of hydrogen-bond acceptors (Lipinski definition) is 3. The average Bonchev–Trinajstić information content (AvgIpc) is 3.33. The second-order valence-corrected chi connectivity index (χ2v) is 10.4. The van der Waals surface area contributed by atoms with Gasteiger partial charge in [0.05, 0.1) is 33.7 Å². The van der Waals surface area contributed by atoms with E-state index in [-0.39, 0.29) is 0 Å². The number of rotatable bonds is 4. The molecule has 0 radical (unpaired) electrons. The summed E-state index contributed by atoms with van der Waals surface area (Å²) < 4.78 is 2.20. The SMILES string of the molecule is Cc1ccc2c(c1)c1cc(C)ccc1n2-c1cc(-c2nc(-c3ccccc3)cc(-c3ccccc3)n2)ccc1C#N. The summed E-state index contributed by atoms with van der Waals surface area (Å²) in [5.41, 5.74) is 10.5. The average molecular weight is 527 g/mol. The minimum Gasteiger partial charge on any atom is -0.308 e. The fourth-order valence-electron chi connectivity index (χ4n) is 5.55. The highest BCUT2D eigenvalue weighted by Crippen LogP contribution is 2.36. The quantitative estimate of drug-likeness (QED) is 0.230. The molecule has 0 bridgehead atoms. The normalized spacial score (nSPS) is 11.1. The molecule has 0 saturated heterocycles. The summed E-state index contributed by atoms with van der Waals surface area (Å²) in [6.07, 6.45) is 0. The lowest BCUT2D eigenvalue weighted by atomic mass is 10.1. The van der Waals surface area contributed by atoms with Crippen LogP contribution in [0.15, 0.2) is 121 Å². The summed E-state index contributed by atoms with van der Waals surface area (Å²) in [4.78, 5) is 10.0. The maximum Gasteiger partial charge on any atom is 0.160 e. The molecule has 0 aliphatic carbocycles. The van der Waals surface area contributed by atoms with E-state index in [2.05, 4.69) is 91.2 Å². The van der Waals surface area contributed by atoms with E-state index in [0.717, 1.165) is 44.8 Å². The van der Waals surface area contributed by atoms with Crippen molar-refractivity contribution in [3.8, 4) is 45.7 Å². The molecule has 4 nitrogen and oxygen atoms in total. The molecule has 5 aromatic carbocycles. The lowest BCUT2D eigenvalue weighted by Crippen LogP contribution is -2.00. The highest BCUT2D eigenvalue weighted by molar-refractivity contribution is 6.10. The smallest absolute Gasteiger partial charge is 0.160 e. The molecule has 4 heteroatoms. The van der Waals surface area contributed by atoms with E-state index in [1.165, 1.54) is 21.9 Å². The Kier molecular flexibility index (Phi) is 5.91. The van der Waals surface area contributed by atoms with Crippen LogP contribution in [0.4, 0.5) is 0 Å². The van der Waals surface area contributed by atoms with Crippen LogP contribution < -0.4 is 0 Å². The van der Waals surface area contributed by atoms with Crippen LogP contribution in [-0.2, 0) is 0 Å². The Morgan fingerprint density at radius 1 is 0.561 bits per heavy atom. The predicted molar refractivity (Wildman–Crippen MR) is 167 cm³/mol. The minimum absolute atomic E-state index is 0.594. The van der Waals surface area contributed by atoms with Crippen LogP contribution in [0.2, 0.25) is 0 Å². The summed E-state index contributed by atoms with van der Waals surface area (Å²) >= 11 is 0. The van der Waals surface area contributed by atoms with Crippen LogP contribution in [0.25, 0.3) is 61.4 Å². The van der Waals surface area contributed by atoms with E-state index in [0.29, 0.717) is 11.4 Å². The maximum atomic E-state index is 10.2. The van der Waals surface area contributed by atoms with Crippen molar-refractivity contribution in [2.45, 2.75) is 13.8 Å². The predicted octanol–water partition coefficient (Wildman–Crippen LogP) is 9.06. The van der Waals surface area contributed by atoms with Crippen molar-refractivity contribution in [3.05, 3.63) is 138 Å². The molecule has 194 valence electrons. The highest BCUT2D eigenvalue weighted by Gasteiger charge is 2.18. The van der Waals surface area contributed by atoms with E-state index in [9.17, 15) is 5.26 Å². The molecule has 0 amide bonds. The Morgan fingerprint density at radius 3 is 1.61 bits per heavy atom. The van der Waals surface area contributed by atoms with Gasteiger partial charge in [-0.3, -0.25) is 0 Å². The summed E-state index contributed by atoms with van der Waals surface area (Å²) in [5, 5.41) is 12.5. The monoisotopic (exact) mass is 526 g/mol. The molecular weight excluding hydrogens is 500 g/mol. The molecule has 0 spiro atoms. The number of nitriles is 1. The van der Waals surface area contributed by atoms with Crippen molar-refractivity contribution in [3.63, 3.8) is 0 Å². The largest absolute Gasteiger partial charge is 0.308 e. The first-order chi connectivity index (χ1) is 20.1. The van der Waals surface area contributed by atoms with Gasteiger partial charge in [-0.25, -0.2) is 9.97 Å². The topological polar surface area (TPSA) is 54.5 Å². The Balaban J connectivity index is 1.49. The van der Waals surface area contributed by atoms with Crippen LogP contribution in [0.5, 0.6) is 0 Å². The van der Waals surface area contributed by atoms with Crippen molar-refractivity contribution >= 4 is 21.8 Å². The zero-order chi connectivity index (χ0) is 27.9. The fraction of sp³-hybridized carbons (Fsp3) is 0.0541. The van der Waals surface area contributed by atoms with E-state index < -0.39 is 0 Å². The van der Waals surface area contributed by atoms with E-state index in [4.69, 9.17) is 9.97 Å². The van der Waals surface area contributed by atoms with Crippen LogP contribution in [0.1, 0.15) is 16.7 Å². The Labute approximate surface area is 238 Å². The Morgan fingerprint density at radius 2 is 1.10 bits per heavy atom. The van der Waals surface area contributed by atoms with Crippen molar-refractivity contribution in [2.75, 3.05) is 0 Å². The number of fused-ring (bicyclic) bond motifs is 3.